The number of nitrogens with one attached hydrogen (secondary N) is 1. The molecule has 22 heavy (non-hydrogen) atoms. The second-order valence-corrected chi connectivity index (χ2v) is 5.91. The Balaban J connectivity index is 1.67. The Morgan fingerprint density at radius 2 is 2.09 bits per heavy atom. The highest BCUT2D eigenvalue weighted by Gasteiger charge is 2.29. The smallest absolute Gasteiger partial charge is 0.227 e. The second-order valence-electron chi connectivity index (χ2n) is 5.48. The van der Waals surface area contributed by atoms with E-state index in [9.17, 15) is 4.79 Å². The van der Waals surface area contributed by atoms with Gasteiger partial charge in [0.1, 0.15) is 5.52 Å². The van der Waals surface area contributed by atoms with E-state index in [1.165, 1.54) is 0 Å². The summed E-state index contributed by atoms with van der Waals surface area (Å²) in [5.74, 6) is 0.768. The summed E-state index contributed by atoms with van der Waals surface area (Å²) in [5.41, 5.74) is 2.95. The average Bonchev–Trinajstić information content (AvgIpc) is 3.27. The van der Waals surface area contributed by atoms with Crippen molar-refractivity contribution in [2.24, 2.45) is 5.92 Å². The number of carbonyl (C=O) groups is 1. The summed E-state index contributed by atoms with van der Waals surface area (Å²) in [4.78, 5) is 16.3. The monoisotopic (exact) mass is 312 g/mol. The standard InChI is InChI=1S/C17H13ClN2O2/c18-12-3-1-2-11(8-12)17-20-14-7-6-13(9-15(14)22-17)19-16(21)10-4-5-10/h1-3,6-10H,4-5H2,(H,19,21). The van der Waals surface area contributed by atoms with Crippen molar-refractivity contribution in [3.63, 3.8) is 0 Å². The number of aromatic nitrogens is 1. The van der Waals surface area contributed by atoms with E-state index < -0.39 is 0 Å². The quantitative estimate of drug-likeness (QED) is 0.775. The van der Waals surface area contributed by atoms with Gasteiger partial charge in [0.05, 0.1) is 0 Å². The van der Waals surface area contributed by atoms with Gasteiger partial charge in [-0.15, -0.1) is 0 Å². The first kappa shape index (κ1) is 13.3. The lowest BCUT2D eigenvalue weighted by Crippen LogP contribution is -2.12. The molecule has 0 aliphatic heterocycles. The molecule has 0 radical (unpaired) electrons. The van der Waals surface area contributed by atoms with Crippen molar-refractivity contribution in [1.29, 1.82) is 0 Å². The van der Waals surface area contributed by atoms with Gasteiger partial charge >= 0.3 is 0 Å². The Morgan fingerprint density at radius 1 is 1.23 bits per heavy atom. The molecule has 0 bridgehead atoms. The molecular weight excluding hydrogens is 300 g/mol. The Labute approximate surface area is 132 Å². The third-order valence-corrected chi connectivity index (χ3v) is 3.91. The van der Waals surface area contributed by atoms with Crippen LogP contribution in [0.3, 0.4) is 0 Å². The zero-order valence-electron chi connectivity index (χ0n) is 11.7. The maximum absolute atomic E-state index is 11.8. The minimum atomic E-state index is 0.0777. The topological polar surface area (TPSA) is 55.1 Å². The highest BCUT2D eigenvalue weighted by Crippen LogP contribution is 2.31. The fraction of sp³-hybridized carbons (Fsp3) is 0.176. The van der Waals surface area contributed by atoms with Crippen LogP contribution in [0.1, 0.15) is 12.8 Å². The van der Waals surface area contributed by atoms with Crippen LogP contribution in [-0.4, -0.2) is 10.9 Å². The third-order valence-electron chi connectivity index (χ3n) is 3.68. The molecule has 1 saturated carbocycles. The highest BCUT2D eigenvalue weighted by molar-refractivity contribution is 6.30. The lowest BCUT2D eigenvalue weighted by Gasteiger charge is -2.02. The van der Waals surface area contributed by atoms with Gasteiger partial charge in [-0.25, -0.2) is 4.98 Å². The van der Waals surface area contributed by atoms with Gasteiger partial charge in [-0.05, 0) is 43.2 Å². The molecule has 1 N–H and O–H groups in total. The van der Waals surface area contributed by atoms with Crippen LogP contribution in [0.15, 0.2) is 46.9 Å². The zero-order chi connectivity index (χ0) is 15.1. The predicted octanol–water partition coefficient (Wildman–Crippen LogP) is 4.50. The van der Waals surface area contributed by atoms with Crippen LogP contribution in [0.4, 0.5) is 5.69 Å². The molecule has 2 aromatic carbocycles. The van der Waals surface area contributed by atoms with Crippen LogP contribution in [0.25, 0.3) is 22.6 Å². The third kappa shape index (κ3) is 2.57. The largest absolute Gasteiger partial charge is 0.436 e. The van der Waals surface area contributed by atoms with Crippen LogP contribution in [0, 0.1) is 5.92 Å². The molecule has 1 heterocycles. The number of anilines is 1. The van der Waals surface area contributed by atoms with Gasteiger partial charge in [-0.3, -0.25) is 4.79 Å². The molecule has 110 valence electrons. The Kier molecular flexibility index (Phi) is 3.12. The first-order chi connectivity index (χ1) is 10.7. The summed E-state index contributed by atoms with van der Waals surface area (Å²) in [7, 11) is 0. The number of oxazole rings is 1. The molecule has 1 aliphatic carbocycles. The van der Waals surface area contributed by atoms with Gasteiger partial charge in [-0.1, -0.05) is 17.7 Å². The van der Waals surface area contributed by atoms with Crippen LogP contribution in [0.5, 0.6) is 0 Å². The molecule has 4 nitrogen and oxygen atoms in total. The summed E-state index contributed by atoms with van der Waals surface area (Å²) in [5, 5.41) is 3.54. The van der Waals surface area contributed by atoms with E-state index in [0.717, 1.165) is 29.6 Å². The zero-order valence-corrected chi connectivity index (χ0v) is 12.4. The van der Waals surface area contributed by atoms with Crippen molar-refractivity contribution in [3.05, 3.63) is 47.5 Å². The van der Waals surface area contributed by atoms with Crippen molar-refractivity contribution in [1.82, 2.24) is 4.98 Å². The first-order valence-corrected chi connectivity index (χ1v) is 7.54. The van der Waals surface area contributed by atoms with E-state index in [2.05, 4.69) is 10.3 Å². The lowest BCUT2D eigenvalue weighted by molar-refractivity contribution is -0.117. The van der Waals surface area contributed by atoms with E-state index in [1.807, 2.05) is 30.3 Å². The molecule has 1 aromatic heterocycles. The minimum absolute atomic E-state index is 0.0777. The van der Waals surface area contributed by atoms with Crippen molar-refractivity contribution in [3.8, 4) is 11.5 Å². The maximum atomic E-state index is 11.8. The summed E-state index contributed by atoms with van der Waals surface area (Å²) < 4.78 is 5.79. The predicted molar refractivity (Wildman–Crippen MR) is 85.8 cm³/mol. The van der Waals surface area contributed by atoms with Crippen molar-refractivity contribution in [2.45, 2.75) is 12.8 Å². The molecule has 1 fully saturated rings. The number of benzene rings is 2. The van der Waals surface area contributed by atoms with E-state index in [4.69, 9.17) is 16.0 Å². The summed E-state index contributed by atoms with van der Waals surface area (Å²) in [6.45, 7) is 0. The van der Waals surface area contributed by atoms with Crippen molar-refractivity contribution in [2.75, 3.05) is 5.32 Å². The number of halogens is 1. The number of hydrogen-bond donors (Lipinski definition) is 1. The number of fused-ring (bicyclic) bond motifs is 1. The van der Waals surface area contributed by atoms with E-state index in [-0.39, 0.29) is 11.8 Å². The summed E-state index contributed by atoms with van der Waals surface area (Å²) in [6, 6.07) is 12.8. The maximum Gasteiger partial charge on any atom is 0.227 e. The van der Waals surface area contributed by atoms with Crippen LogP contribution >= 0.6 is 11.6 Å². The summed E-state index contributed by atoms with van der Waals surface area (Å²) in [6.07, 6.45) is 1.96. The number of amides is 1. The molecule has 1 aliphatic rings. The van der Waals surface area contributed by atoms with E-state index in [0.29, 0.717) is 16.5 Å². The van der Waals surface area contributed by atoms with Crippen molar-refractivity contribution < 1.29 is 9.21 Å². The number of rotatable bonds is 3. The molecule has 0 saturated heterocycles. The second kappa shape index (κ2) is 5.14. The van der Waals surface area contributed by atoms with E-state index >= 15 is 0 Å². The highest BCUT2D eigenvalue weighted by atomic mass is 35.5. The number of nitrogens with zero attached hydrogens (tertiary/aromatic N) is 1. The first-order valence-electron chi connectivity index (χ1n) is 7.16. The lowest BCUT2D eigenvalue weighted by atomic mass is 10.2. The molecule has 1 amide bonds. The minimum Gasteiger partial charge on any atom is -0.436 e. The van der Waals surface area contributed by atoms with Gasteiger partial charge in [0.25, 0.3) is 0 Å². The van der Waals surface area contributed by atoms with Crippen LogP contribution in [-0.2, 0) is 4.79 Å². The Bertz CT molecular complexity index is 868. The molecule has 3 aromatic rings. The number of carbonyl (C=O) groups excluding carboxylic acids is 1. The number of hydrogen-bond acceptors (Lipinski definition) is 3. The fourth-order valence-electron chi connectivity index (χ4n) is 2.34. The SMILES string of the molecule is O=C(Nc1ccc2nc(-c3cccc(Cl)c3)oc2c1)C1CC1. The Morgan fingerprint density at radius 3 is 2.86 bits per heavy atom. The molecular formula is C17H13ClN2O2. The summed E-state index contributed by atoms with van der Waals surface area (Å²) >= 11 is 5.99. The van der Waals surface area contributed by atoms with Gasteiger partial charge in [0.2, 0.25) is 11.8 Å². The van der Waals surface area contributed by atoms with Crippen molar-refractivity contribution >= 4 is 34.3 Å². The van der Waals surface area contributed by atoms with Gasteiger partial charge in [0.15, 0.2) is 5.58 Å². The van der Waals surface area contributed by atoms with Gasteiger partial charge in [-0.2, -0.15) is 0 Å². The molecule has 4 rings (SSSR count). The molecule has 0 unspecified atom stereocenters. The van der Waals surface area contributed by atoms with Gasteiger partial charge < -0.3 is 9.73 Å². The van der Waals surface area contributed by atoms with Gasteiger partial charge in [0, 0.05) is 28.3 Å². The van der Waals surface area contributed by atoms with E-state index in [1.54, 1.807) is 12.1 Å². The molecule has 5 heteroatoms. The van der Waals surface area contributed by atoms with Crippen LogP contribution < -0.4 is 5.32 Å². The molecule has 0 spiro atoms. The van der Waals surface area contributed by atoms with Crippen LogP contribution in [0.2, 0.25) is 5.02 Å². The fourth-order valence-corrected chi connectivity index (χ4v) is 2.53. The normalized spacial score (nSPS) is 14.2. The molecule has 0 atom stereocenters. The Hall–Kier alpha value is -2.33. The average molecular weight is 313 g/mol.